The molecular formula is C15H17NO2. The first-order valence-corrected chi connectivity index (χ1v) is 5.88. The van der Waals surface area contributed by atoms with Crippen LogP contribution in [0.4, 0.5) is 0 Å². The minimum Gasteiger partial charge on any atom is -0.468 e. The van der Waals surface area contributed by atoms with Gasteiger partial charge in [0.05, 0.1) is 7.11 Å². The lowest BCUT2D eigenvalue weighted by molar-refractivity contribution is -0.146. The molecule has 0 bridgehead atoms. The van der Waals surface area contributed by atoms with E-state index in [4.69, 9.17) is 10.5 Å². The average Bonchev–Trinajstić information content (AvgIpc) is 2.37. The van der Waals surface area contributed by atoms with E-state index >= 15 is 0 Å². The van der Waals surface area contributed by atoms with Crippen molar-refractivity contribution in [2.75, 3.05) is 7.11 Å². The van der Waals surface area contributed by atoms with Crippen LogP contribution in [-0.4, -0.2) is 18.6 Å². The second-order valence-corrected chi connectivity index (χ2v) is 4.77. The molecule has 0 amide bonds. The van der Waals surface area contributed by atoms with Gasteiger partial charge in [-0.25, -0.2) is 0 Å². The van der Waals surface area contributed by atoms with Gasteiger partial charge in [-0.1, -0.05) is 42.5 Å². The Balaban J connectivity index is 2.29. The minimum absolute atomic E-state index is 0.393. The summed E-state index contributed by atoms with van der Waals surface area (Å²) in [4.78, 5) is 11.6. The van der Waals surface area contributed by atoms with Gasteiger partial charge in [-0.05, 0) is 23.3 Å². The number of methoxy groups -OCH3 is 1. The quantitative estimate of drug-likeness (QED) is 0.841. The van der Waals surface area contributed by atoms with E-state index in [9.17, 15) is 4.79 Å². The number of fused-ring (bicyclic) bond motifs is 1. The molecule has 1 atom stereocenters. The van der Waals surface area contributed by atoms with E-state index in [2.05, 4.69) is 12.1 Å². The molecule has 0 saturated heterocycles. The highest BCUT2D eigenvalue weighted by molar-refractivity contribution is 5.84. The molecule has 0 spiro atoms. The highest BCUT2D eigenvalue weighted by Crippen LogP contribution is 2.19. The Morgan fingerprint density at radius 2 is 1.89 bits per heavy atom. The highest BCUT2D eigenvalue weighted by atomic mass is 16.5. The topological polar surface area (TPSA) is 52.3 Å². The third-order valence-corrected chi connectivity index (χ3v) is 3.04. The number of hydrogen-bond donors (Lipinski definition) is 1. The van der Waals surface area contributed by atoms with E-state index in [1.165, 1.54) is 12.5 Å². The molecule has 0 aromatic heterocycles. The van der Waals surface area contributed by atoms with Crippen molar-refractivity contribution in [1.29, 1.82) is 0 Å². The third kappa shape index (κ3) is 2.51. The number of nitrogens with two attached hydrogens (primary N) is 1. The van der Waals surface area contributed by atoms with Gasteiger partial charge in [0.2, 0.25) is 0 Å². The SMILES string of the molecule is COC(=O)[C@@](C)(N)Cc1ccc2ccccc2c1. The molecular weight excluding hydrogens is 226 g/mol. The van der Waals surface area contributed by atoms with Crippen LogP contribution in [0.25, 0.3) is 10.8 Å². The van der Waals surface area contributed by atoms with Crippen LogP contribution >= 0.6 is 0 Å². The second kappa shape index (κ2) is 4.78. The summed E-state index contributed by atoms with van der Waals surface area (Å²) >= 11 is 0. The van der Waals surface area contributed by atoms with Crippen molar-refractivity contribution >= 4 is 16.7 Å². The molecule has 0 heterocycles. The summed E-state index contributed by atoms with van der Waals surface area (Å²) in [6.45, 7) is 1.69. The predicted octanol–water partition coefficient (Wildman–Crippen LogP) is 2.27. The number of carbonyl (C=O) groups is 1. The molecule has 18 heavy (non-hydrogen) atoms. The van der Waals surface area contributed by atoms with Gasteiger partial charge in [-0.15, -0.1) is 0 Å². The fourth-order valence-electron chi connectivity index (χ4n) is 2.08. The molecule has 2 N–H and O–H groups in total. The molecule has 0 fully saturated rings. The normalized spacial score (nSPS) is 14.2. The Hall–Kier alpha value is -1.87. The summed E-state index contributed by atoms with van der Waals surface area (Å²) in [6.07, 6.45) is 0.463. The van der Waals surface area contributed by atoms with Gasteiger partial charge in [-0.3, -0.25) is 4.79 Å². The van der Waals surface area contributed by atoms with Gasteiger partial charge in [0, 0.05) is 6.42 Å². The van der Waals surface area contributed by atoms with Gasteiger partial charge < -0.3 is 10.5 Å². The van der Waals surface area contributed by atoms with Crippen molar-refractivity contribution in [2.24, 2.45) is 5.73 Å². The van der Waals surface area contributed by atoms with Crippen LogP contribution in [0.1, 0.15) is 12.5 Å². The maximum absolute atomic E-state index is 11.6. The Kier molecular flexibility index (Phi) is 3.34. The van der Waals surface area contributed by atoms with E-state index in [1.807, 2.05) is 30.3 Å². The van der Waals surface area contributed by atoms with Gasteiger partial charge in [-0.2, -0.15) is 0 Å². The van der Waals surface area contributed by atoms with E-state index in [1.54, 1.807) is 6.92 Å². The first-order valence-electron chi connectivity index (χ1n) is 5.88. The monoisotopic (exact) mass is 243 g/mol. The number of carbonyl (C=O) groups excluding carboxylic acids is 1. The number of benzene rings is 2. The summed E-state index contributed by atoms with van der Waals surface area (Å²) in [7, 11) is 1.35. The van der Waals surface area contributed by atoms with Crippen molar-refractivity contribution in [1.82, 2.24) is 0 Å². The zero-order valence-electron chi connectivity index (χ0n) is 10.6. The Morgan fingerprint density at radius 3 is 2.56 bits per heavy atom. The van der Waals surface area contributed by atoms with E-state index in [0.29, 0.717) is 6.42 Å². The maximum atomic E-state index is 11.6. The lowest BCUT2D eigenvalue weighted by Crippen LogP contribution is -2.47. The van der Waals surface area contributed by atoms with Gasteiger partial charge in [0.15, 0.2) is 0 Å². The number of rotatable bonds is 3. The fourth-order valence-corrected chi connectivity index (χ4v) is 2.08. The molecule has 2 aromatic rings. The largest absolute Gasteiger partial charge is 0.468 e. The van der Waals surface area contributed by atoms with Crippen molar-refractivity contribution in [3.8, 4) is 0 Å². The van der Waals surface area contributed by atoms with Crippen LogP contribution < -0.4 is 5.73 Å². The Bertz CT molecular complexity index is 575. The zero-order valence-corrected chi connectivity index (χ0v) is 10.6. The Morgan fingerprint density at radius 1 is 1.22 bits per heavy atom. The Labute approximate surface area is 107 Å². The lowest BCUT2D eigenvalue weighted by atomic mass is 9.93. The molecule has 2 rings (SSSR count). The van der Waals surface area contributed by atoms with Crippen molar-refractivity contribution in [3.05, 3.63) is 48.0 Å². The van der Waals surface area contributed by atoms with Crippen molar-refractivity contribution in [2.45, 2.75) is 18.9 Å². The van der Waals surface area contributed by atoms with Crippen LogP contribution in [-0.2, 0) is 16.0 Å². The molecule has 0 aliphatic heterocycles. The summed E-state index contributed by atoms with van der Waals surface area (Å²) < 4.78 is 4.71. The summed E-state index contributed by atoms with van der Waals surface area (Å²) in [5.41, 5.74) is 6.02. The number of hydrogen-bond acceptors (Lipinski definition) is 3. The molecule has 94 valence electrons. The highest BCUT2D eigenvalue weighted by Gasteiger charge is 2.29. The maximum Gasteiger partial charge on any atom is 0.325 e. The summed E-state index contributed by atoms with van der Waals surface area (Å²) in [5, 5.41) is 2.33. The van der Waals surface area contributed by atoms with Gasteiger partial charge in [0.25, 0.3) is 0 Å². The van der Waals surface area contributed by atoms with Crippen LogP contribution in [0.15, 0.2) is 42.5 Å². The van der Waals surface area contributed by atoms with Gasteiger partial charge in [0.1, 0.15) is 5.54 Å². The standard InChI is InChI=1S/C15H17NO2/c1-15(16,14(17)18-2)10-11-7-8-12-5-3-4-6-13(12)9-11/h3-9H,10,16H2,1-2H3/t15-/m0/s1. The van der Waals surface area contributed by atoms with Crippen molar-refractivity contribution in [3.63, 3.8) is 0 Å². The molecule has 0 aliphatic rings. The molecule has 0 radical (unpaired) electrons. The molecule has 3 heteroatoms. The molecule has 0 saturated carbocycles. The smallest absolute Gasteiger partial charge is 0.325 e. The number of esters is 1. The first kappa shape index (κ1) is 12.6. The lowest BCUT2D eigenvalue weighted by Gasteiger charge is -2.21. The van der Waals surface area contributed by atoms with E-state index < -0.39 is 11.5 Å². The van der Waals surface area contributed by atoms with Gasteiger partial charge >= 0.3 is 5.97 Å². The molecule has 3 nitrogen and oxygen atoms in total. The van der Waals surface area contributed by atoms with Crippen molar-refractivity contribution < 1.29 is 9.53 Å². The molecule has 2 aromatic carbocycles. The summed E-state index contributed by atoms with van der Waals surface area (Å²) in [6, 6.07) is 14.2. The summed E-state index contributed by atoms with van der Waals surface area (Å²) in [5.74, 6) is -0.393. The van der Waals surface area contributed by atoms with Crippen LogP contribution in [0, 0.1) is 0 Å². The molecule has 0 aliphatic carbocycles. The molecule has 0 unspecified atom stereocenters. The second-order valence-electron chi connectivity index (χ2n) is 4.77. The first-order chi connectivity index (χ1) is 8.53. The zero-order chi connectivity index (χ0) is 13.2. The fraction of sp³-hybridized carbons (Fsp3) is 0.267. The van der Waals surface area contributed by atoms with Crippen LogP contribution in [0.2, 0.25) is 0 Å². The minimum atomic E-state index is -0.989. The number of ether oxygens (including phenoxy) is 1. The van der Waals surface area contributed by atoms with E-state index in [0.717, 1.165) is 10.9 Å². The van der Waals surface area contributed by atoms with Crippen LogP contribution in [0.5, 0.6) is 0 Å². The average molecular weight is 243 g/mol. The third-order valence-electron chi connectivity index (χ3n) is 3.04. The van der Waals surface area contributed by atoms with Crippen LogP contribution in [0.3, 0.4) is 0 Å². The van der Waals surface area contributed by atoms with E-state index in [-0.39, 0.29) is 0 Å². The predicted molar refractivity (Wildman–Crippen MR) is 72.3 cm³/mol.